The van der Waals surface area contributed by atoms with Crippen LogP contribution in [0.15, 0.2) is 159 Å². The quantitative estimate of drug-likeness (QED) is 0.250. The van der Waals surface area contributed by atoms with Crippen LogP contribution < -0.4 is 0 Å². The fourth-order valence-electron chi connectivity index (χ4n) is 3.64. The number of amides is 1. The zero-order chi connectivity index (χ0) is 24.1. The molecule has 164 valence electrons. The van der Waals surface area contributed by atoms with E-state index in [0.717, 1.165) is 5.57 Å². The van der Waals surface area contributed by atoms with Crippen LogP contribution in [-0.2, 0) is 4.79 Å². The molecule has 1 aliphatic heterocycles. The first kappa shape index (κ1) is 26.1. The lowest BCUT2D eigenvalue weighted by Gasteiger charge is -2.41. The summed E-state index contributed by atoms with van der Waals surface area (Å²) in [5.41, 5.74) is 2.16. The van der Waals surface area contributed by atoms with Crippen LogP contribution in [0.4, 0.5) is 0 Å². The summed E-state index contributed by atoms with van der Waals surface area (Å²) >= 11 is 0. The van der Waals surface area contributed by atoms with Gasteiger partial charge in [0.1, 0.15) is 5.54 Å². The summed E-state index contributed by atoms with van der Waals surface area (Å²) in [6.07, 6.45) is 26.9. The van der Waals surface area contributed by atoms with Crippen LogP contribution in [0.3, 0.4) is 0 Å². The van der Waals surface area contributed by atoms with Gasteiger partial charge in [0.2, 0.25) is 0 Å². The number of hydrogen-bond donors (Lipinski definition) is 0. The molecule has 1 rings (SSSR count). The van der Waals surface area contributed by atoms with Crippen molar-refractivity contribution >= 4 is 5.91 Å². The van der Waals surface area contributed by atoms with E-state index < -0.39 is 5.54 Å². The number of allylic oxidation sites excluding steroid dienone is 13. The SMILES string of the molecule is C=C/C=C\C(=C)C1(C(=C)/C=C\C=C/C)C(=C/C=C)/C(=C\C=C)C(=O)N1C(/C=C\C=C)=C/C. The number of hydrogen-bond acceptors (Lipinski definition) is 1. The Kier molecular flexibility index (Phi) is 10.4. The summed E-state index contributed by atoms with van der Waals surface area (Å²) in [7, 11) is 0. The number of likely N-dealkylation sites (tertiary alicyclic amines) is 1. The Bertz CT molecular complexity index is 1020. The maximum atomic E-state index is 13.8. The third-order valence-corrected chi connectivity index (χ3v) is 4.94. The largest absolute Gasteiger partial charge is 0.290 e. The highest BCUT2D eigenvalue weighted by molar-refractivity contribution is 6.07. The number of carbonyl (C=O) groups is 1. The number of rotatable bonds is 11. The highest BCUT2D eigenvalue weighted by Crippen LogP contribution is 2.50. The van der Waals surface area contributed by atoms with Gasteiger partial charge in [-0.1, -0.05) is 118 Å². The van der Waals surface area contributed by atoms with E-state index in [4.69, 9.17) is 0 Å². The summed E-state index contributed by atoms with van der Waals surface area (Å²) in [6.45, 7) is 27.8. The minimum Gasteiger partial charge on any atom is -0.290 e. The molecule has 0 aromatic carbocycles. The molecule has 1 saturated heterocycles. The van der Waals surface area contributed by atoms with Gasteiger partial charge in [0, 0.05) is 11.3 Å². The van der Waals surface area contributed by atoms with Crippen LogP contribution >= 0.6 is 0 Å². The van der Waals surface area contributed by atoms with Crippen molar-refractivity contribution in [3.63, 3.8) is 0 Å². The average molecular weight is 424 g/mol. The molecule has 0 aromatic rings. The molecule has 0 N–H and O–H groups in total. The average Bonchev–Trinajstić information content (AvgIpc) is 3.02. The molecule has 0 spiro atoms. The normalized spacial score (nSPS) is 22.1. The van der Waals surface area contributed by atoms with Gasteiger partial charge in [0.25, 0.3) is 5.91 Å². The van der Waals surface area contributed by atoms with E-state index in [9.17, 15) is 4.79 Å². The zero-order valence-corrected chi connectivity index (χ0v) is 19.3. The van der Waals surface area contributed by atoms with Gasteiger partial charge >= 0.3 is 0 Å². The van der Waals surface area contributed by atoms with E-state index in [1.165, 1.54) is 0 Å². The highest BCUT2D eigenvalue weighted by Gasteiger charge is 2.55. The third kappa shape index (κ3) is 5.04. The highest BCUT2D eigenvalue weighted by atomic mass is 16.2. The fraction of sp³-hybridized carbons (Fsp3) is 0.100. The zero-order valence-electron chi connectivity index (χ0n) is 19.3. The van der Waals surface area contributed by atoms with Gasteiger partial charge in [-0.3, -0.25) is 9.69 Å². The van der Waals surface area contributed by atoms with Crippen molar-refractivity contribution in [3.05, 3.63) is 159 Å². The fourth-order valence-corrected chi connectivity index (χ4v) is 3.64. The molecule has 0 bridgehead atoms. The maximum Gasteiger partial charge on any atom is 0.259 e. The second-order valence-electron chi connectivity index (χ2n) is 6.82. The minimum atomic E-state index is -1.08. The molecule has 0 radical (unpaired) electrons. The van der Waals surface area contributed by atoms with Crippen molar-refractivity contribution in [1.29, 1.82) is 0 Å². The van der Waals surface area contributed by atoms with Crippen molar-refractivity contribution in [1.82, 2.24) is 4.90 Å². The molecule has 1 fully saturated rings. The molecular weight excluding hydrogens is 390 g/mol. The van der Waals surface area contributed by atoms with Crippen LogP contribution in [0.5, 0.6) is 0 Å². The topological polar surface area (TPSA) is 20.3 Å². The first-order valence-corrected chi connectivity index (χ1v) is 10.4. The van der Waals surface area contributed by atoms with E-state index in [1.807, 2.05) is 62.5 Å². The van der Waals surface area contributed by atoms with E-state index in [0.29, 0.717) is 22.4 Å². The molecule has 2 heteroatoms. The number of carbonyl (C=O) groups excluding carboxylic acids is 1. The second kappa shape index (κ2) is 12.7. The van der Waals surface area contributed by atoms with Gasteiger partial charge in [-0.15, -0.1) is 0 Å². The molecular formula is C30H33NO. The van der Waals surface area contributed by atoms with Gasteiger partial charge in [0.05, 0.1) is 0 Å². The third-order valence-electron chi connectivity index (χ3n) is 4.94. The molecule has 1 heterocycles. The summed E-state index contributed by atoms with van der Waals surface area (Å²) < 4.78 is 0. The van der Waals surface area contributed by atoms with E-state index >= 15 is 0 Å². The molecule has 1 atom stereocenters. The Morgan fingerprint density at radius 1 is 0.781 bits per heavy atom. The Morgan fingerprint density at radius 2 is 1.34 bits per heavy atom. The van der Waals surface area contributed by atoms with Gasteiger partial charge in [-0.05, 0) is 42.7 Å². The van der Waals surface area contributed by atoms with Crippen LogP contribution in [0.25, 0.3) is 0 Å². The standard InChI is InChI=1S/C30H33NO/c1-9-15-18-22-25(8)30(24(7)21-16-10-2)28(20-13-5)27(19-12-4)29(32)31(30)26(14-6)23-17-11-3/h9-23H,2-5,7-8H2,1,6H3/b15-9-,21-16-,22-18-,23-17-,26-14+,27-19+,28-20+. The second-order valence-corrected chi connectivity index (χ2v) is 6.82. The smallest absolute Gasteiger partial charge is 0.259 e. The van der Waals surface area contributed by atoms with E-state index in [2.05, 4.69) is 39.5 Å². The summed E-state index contributed by atoms with van der Waals surface area (Å²) in [4.78, 5) is 15.6. The lowest BCUT2D eigenvalue weighted by molar-refractivity contribution is -0.124. The van der Waals surface area contributed by atoms with Gasteiger partial charge in [-0.2, -0.15) is 0 Å². The molecule has 0 aromatic heterocycles. The summed E-state index contributed by atoms with van der Waals surface area (Å²) in [6, 6.07) is 0. The van der Waals surface area contributed by atoms with Crippen LogP contribution in [0.2, 0.25) is 0 Å². The first-order chi connectivity index (χ1) is 15.4. The molecule has 1 aliphatic rings. The van der Waals surface area contributed by atoms with Crippen molar-refractivity contribution in [2.45, 2.75) is 19.4 Å². The Balaban J connectivity index is 4.21. The maximum absolute atomic E-state index is 13.8. The Labute approximate surface area is 193 Å². The number of nitrogens with zero attached hydrogens (tertiary/aromatic N) is 1. The van der Waals surface area contributed by atoms with Gasteiger partial charge < -0.3 is 0 Å². The minimum absolute atomic E-state index is 0.187. The van der Waals surface area contributed by atoms with Crippen molar-refractivity contribution in [3.8, 4) is 0 Å². The van der Waals surface area contributed by atoms with E-state index in [-0.39, 0.29) is 5.91 Å². The molecule has 2 nitrogen and oxygen atoms in total. The van der Waals surface area contributed by atoms with Crippen molar-refractivity contribution < 1.29 is 4.79 Å². The van der Waals surface area contributed by atoms with Crippen LogP contribution in [-0.4, -0.2) is 16.3 Å². The van der Waals surface area contributed by atoms with Crippen LogP contribution in [0.1, 0.15) is 13.8 Å². The summed E-state index contributed by atoms with van der Waals surface area (Å²) in [5.74, 6) is -0.187. The van der Waals surface area contributed by atoms with Gasteiger partial charge in [-0.25, -0.2) is 0 Å². The Morgan fingerprint density at radius 3 is 1.84 bits per heavy atom. The predicted molar refractivity (Wildman–Crippen MR) is 141 cm³/mol. The van der Waals surface area contributed by atoms with E-state index in [1.54, 1.807) is 47.4 Å². The Hall–Kier alpha value is -3.91. The summed E-state index contributed by atoms with van der Waals surface area (Å²) in [5, 5.41) is 0. The molecule has 1 amide bonds. The van der Waals surface area contributed by atoms with Crippen molar-refractivity contribution in [2.24, 2.45) is 0 Å². The lowest BCUT2D eigenvalue weighted by Crippen LogP contribution is -2.47. The van der Waals surface area contributed by atoms with Crippen molar-refractivity contribution in [2.75, 3.05) is 0 Å². The molecule has 1 unspecified atom stereocenters. The predicted octanol–water partition coefficient (Wildman–Crippen LogP) is 7.43. The monoisotopic (exact) mass is 423 g/mol. The molecule has 0 saturated carbocycles. The first-order valence-electron chi connectivity index (χ1n) is 10.4. The van der Waals surface area contributed by atoms with Crippen LogP contribution in [0, 0.1) is 0 Å². The lowest BCUT2D eigenvalue weighted by atomic mass is 9.75. The van der Waals surface area contributed by atoms with Gasteiger partial charge in [0.15, 0.2) is 0 Å². The molecule has 0 aliphatic carbocycles. The molecule has 32 heavy (non-hydrogen) atoms.